The van der Waals surface area contributed by atoms with Gasteiger partial charge in [0.1, 0.15) is 5.78 Å². The molecule has 0 radical (unpaired) electrons. The van der Waals surface area contributed by atoms with Crippen molar-refractivity contribution >= 4 is 5.78 Å². The van der Waals surface area contributed by atoms with E-state index in [1.807, 2.05) is 0 Å². The third kappa shape index (κ3) is 3.40. The quantitative estimate of drug-likeness (QED) is 0.862. The van der Waals surface area contributed by atoms with E-state index < -0.39 is 0 Å². The van der Waals surface area contributed by atoms with Crippen molar-refractivity contribution in [3.8, 4) is 0 Å². The first-order chi connectivity index (χ1) is 8.29. The van der Waals surface area contributed by atoms with Gasteiger partial charge >= 0.3 is 0 Å². The molecule has 1 unspecified atom stereocenters. The average molecular weight is 231 g/mol. The molecule has 1 fully saturated rings. The third-order valence-electron chi connectivity index (χ3n) is 3.56. The summed E-state index contributed by atoms with van der Waals surface area (Å²) in [4.78, 5) is 12.1. The van der Waals surface area contributed by atoms with Crippen molar-refractivity contribution in [1.29, 1.82) is 0 Å². The van der Waals surface area contributed by atoms with Crippen molar-refractivity contribution in [2.45, 2.75) is 32.6 Å². The smallest absolute Gasteiger partial charge is 0.141 e. The number of carbonyl (C=O) groups excluding carboxylic acids is 1. The lowest BCUT2D eigenvalue weighted by Gasteiger charge is -2.21. The summed E-state index contributed by atoms with van der Waals surface area (Å²) in [5, 5.41) is 3.30. The van der Waals surface area contributed by atoms with Gasteiger partial charge in [-0.3, -0.25) is 4.79 Å². The van der Waals surface area contributed by atoms with E-state index in [1.54, 1.807) is 0 Å². The van der Waals surface area contributed by atoms with E-state index in [2.05, 4.69) is 36.5 Å². The number of benzene rings is 1. The molecule has 1 atom stereocenters. The van der Waals surface area contributed by atoms with E-state index in [1.165, 1.54) is 5.56 Å². The molecule has 1 aliphatic heterocycles. The van der Waals surface area contributed by atoms with Crippen LogP contribution in [0.2, 0.25) is 0 Å². The second kappa shape index (κ2) is 5.97. The van der Waals surface area contributed by atoms with Crippen molar-refractivity contribution in [2.75, 3.05) is 13.1 Å². The molecule has 2 nitrogen and oxygen atoms in total. The molecule has 1 aliphatic rings. The molecule has 1 saturated heterocycles. The number of nitrogens with one attached hydrogen (secondary N) is 1. The van der Waals surface area contributed by atoms with E-state index in [0.29, 0.717) is 12.2 Å². The fraction of sp³-hybridized carbons (Fsp3) is 0.533. The molecule has 2 heteroatoms. The lowest BCUT2D eigenvalue weighted by atomic mass is 9.91. The van der Waals surface area contributed by atoms with Gasteiger partial charge in [-0.25, -0.2) is 0 Å². The fourth-order valence-corrected chi connectivity index (χ4v) is 2.36. The lowest BCUT2D eigenvalue weighted by molar-refractivity contribution is -0.122. The Labute approximate surface area is 103 Å². The number of piperidine rings is 1. The summed E-state index contributed by atoms with van der Waals surface area (Å²) in [7, 11) is 0. The zero-order chi connectivity index (χ0) is 12.1. The molecule has 0 aromatic heterocycles. The lowest BCUT2D eigenvalue weighted by Crippen LogP contribution is -2.35. The van der Waals surface area contributed by atoms with Crippen LogP contribution in [0.1, 0.15) is 30.9 Å². The van der Waals surface area contributed by atoms with Gasteiger partial charge in [-0.05, 0) is 36.9 Å². The molecular formula is C15H21NO. The van der Waals surface area contributed by atoms with Gasteiger partial charge in [-0.15, -0.1) is 0 Å². The molecule has 92 valence electrons. The van der Waals surface area contributed by atoms with Crippen molar-refractivity contribution in [3.05, 3.63) is 35.4 Å². The predicted octanol–water partition coefficient (Wildman–Crippen LogP) is 2.36. The van der Waals surface area contributed by atoms with Gasteiger partial charge in [0.15, 0.2) is 0 Å². The van der Waals surface area contributed by atoms with Gasteiger partial charge in [0.2, 0.25) is 0 Å². The third-order valence-corrected chi connectivity index (χ3v) is 3.56. The minimum Gasteiger partial charge on any atom is -0.316 e. The van der Waals surface area contributed by atoms with Gasteiger partial charge < -0.3 is 5.32 Å². The van der Waals surface area contributed by atoms with Gasteiger partial charge in [-0.1, -0.05) is 31.2 Å². The van der Waals surface area contributed by atoms with Gasteiger partial charge in [0, 0.05) is 18.9 Å². The highest BCUT2D eigenvalue weighted by Gasteiger charge is 2.20. The first kappa shape index (κ1) is 12.3. The summed E-state index contributed by atoms with van der Waals surface area (Å²) in [6.45, 7) is 4.08. The highest BCUT2D eigenvalue weighted by molar-refractivity contribution is 5.83. The van der Waals surface area contributed by atoms with Gasteiger partial charge in [-0.2, -0.15) is 0 Å². The minimum atomic E-state index is 0.231. The first-order valence-corrected chi connectivity index (χ1v) is 6.61. The summed E-state index contributed by atoms with van der Waals surface area (Å²) >= 11 is 0. The zero-order valence-corrected chi connectivity index (χ0v) is 10.5. The van der Waals surface area contributed by atoms with Gasteiger partial charge in [0.25, 0.3) is 0 Å². The highest BCUT2D eigenvalue weighted by Crippen LogP contribution is 2.14. The van der Waals surface area contributed by atoms with Crippen molar-refractivity contribution in [3.63, 3.8) is 0 Å². The summed E-state index contributed by atoms with van der Waals surface area (Å²) in [6, 6.07) is 8.43. The summed E-state index contributed by atoms with van der Waals surface area (Å²) in [6.07, 6.45) is 3.83. The molecule has 0 saturated carbocycles. The predicted molar refractivity (Wildman–Crippen MR) is 70.1 cm³/mol. The fourth-order valence-electron chi connectivity index (χ4n) is 2.36. The molecule has 1 heterocycles. The molecule has 1 N–H and O–H groups in total. The largest absolute Gasteiger partial charge is 0.316 e. The molecule has 17 heavy (non-hydrogen) atoms. The second-order valence-electron chi connectivity index (χ2n) is 4.86. The van der Waals surface area contributed by atoms with Crippen LogP contribution in [0.4, 0.5) is 0 Å². The van der Waals surface area contributed by atoms with Crippen LogP contribution >= 0.6 is 0 Å². The molecule has 1 aromatic carbocycles. The normalized spacial score (nSPS) is 20.2. The highest BCUT2D eigenvalue weighted by atomic mass is 16.1. The maximum absolute atomic E-state index is 12.1. The minimum absolute atomic E-state index is 0.231. The standard InChI is InChI=1S/C15H21NO/c1-2-12-5-7-13(8-6-12)10-15(17)14-4-3-9-16-11-14/h5-8,14,16H,2-4,9-11H2,1H3. The number of carbonyl (C=O) groups is 1. The molecule has 1 aromatic rings. The summed E-state index contributed by atoms with van der Waals surface area (Å²) in [5.74, 6) is 0.621. The Morgan fingerprint density at radius 3 is 2.59 bits per heavy atom. The van der Waals surface area contributed by atoms with Crippen molar-refractivity contribution in [2.24, 2.45) is 5.92 Å². The van der Waals surface area contributed by atoms with Crippen LogP contribution in [-0.4, -0.2) is 18.9 Å². The number of ketones is 1. The van der Waals surface area contributed by atoms with Crippen LogP contribution in [0.25, 0.3) is 0 Å². The maximum atomic E-state index is 12.1. The Bertz CT molecular complexity index is 363. The summed E-state index contributed by atoms with van der Waals surface area (Å²) < 4.78 is 0. The Morgan fingerprint density at radius 2 is 2.00 bits per heavy atom. The number of hydrogen-bond donors (Lipinski definition) is 1. The maximum Gasteiger partial charge on any atom is 0.141 e. The number of Topliss-reactive ketones (excluding diaryl/α,β-unsaturated/α-hetero) is 1. The first-order valence-electron chi connectivity index (χ1n) is 6.61. The number of hydrogen-bond acceptors (Lipinski definition) is 2. The molecule has 2 rings (SSSR count). The Kier molecular flexibility index (Phi) is 4.32. The van der Waals surface area contributed by atoms with Crippen LogP contribution in [0.5, 0.6) is 0 Å². The average Bonchev–Trinajstić information content (AvgIpc) is 2.40. The molecular weight excluding hydrogens is 210 g/mol. The number of aryl methyl sites for hydroxylation is 1. The molecule has 0 spiro atoms. The van der Waals surface area contributed by atoms with Crippen LogP contribution in [0.3, 0.4) is 0 Å². The van der Waals surface area contributed by atoms with E-state index in [0.717, 1.165) is 37.9 Å². The molecule has 0 bridgehead atoms. The van der Waals surface area contributed by atoms with E-state index >= 15 is 0 Å². The zero-order valence-electron chi connectivity index (χ0n) is 10.5. The van der Waals surface area contributed by atoms with Crippen LogP contribution in [0.15, 0.2) is 24.3 Å². The van der Waals surface area contributed by atoms with Crippen LogP contribution in [-0.2, 0) is 17.6 Å². The monoisotopic (exact) mass is 231 g/mol. The number of rotatable bonds is 4. The molecule has 0 aliphatic carbocycles. The van der Waals surface area contributed by atoms with E-state index in [-0.39, 0.29) is 5.92 Å². The topological polar surface area (TPSA) is 29.1 Å². The van der Waals surface area contributed by atoms with Gasteiger partial charge in [0.05, 0.1) is 0 Å². The summed E-state index contributed by atoms with van der Waals surface area (Å²) in [5.41, 5.74) is 2.48. The second-order valence-corrected chi connectivity index (χ2v) is 4.86. The molecule has 0 amide bonds. The van der Waals surface area contributed by atoms with E-state index in [4.69, 9.17) is 0 Å². The Balaban J connectivity index is 1.92. The Morgan fingerprint density at radius 1 is 1.29 bits per heavy atom. The van der Waals surface area contributed by atoms with Crippen LogP contribution < -0.4 is 5.32 Å². The van der Waals surface area contributed by atoms with Crippen LogP contribution in [0, 0.1) is 5.92 Å². The van der Waals surface area contributed by atoms with E-state index in [9.17, 15) is 4.79 Å². The van der Waals surface area contributed by atoms with Crippen molar-refractivity contribution in [1.82, 2.24) is 5.32 Å². The Hall–Kier alpha value is -1.15. The van der Waals surface area contributed by atoms with Crippen molar-refractivity contribution < 1.29 is 4.79 Å². The SMILES string of the molecule is CCc1ccc(CC(=O)C2CCCNC2)cc1.